The van der Waals surface area contributed by atoms with E-state index in [9.17, 15) is 0 Å². The zero-order valence-electron chi connectivity index (χ0n) is 12.1. The van der Waals surface area contributed by atoms with Crippen LogP contribution in [0.1, 0.15) is 11.1 Å². The first-order valence-electron chi connectivity index (χ1n) is 6.93. The Hall–Kier alpha value is -2.50. The molecule has 0 atom stereocenters. The molecule has 0 amide bonds. The molecule has 0 aliphatic carbocycles. The van der Waals surface area contributed by atoms with Gasteiger partial charge in [-0.3, -0.25) is 0 Å². The number of methoxy groups -OCH3 is 1. The number of aromatic nitrogens is 1. The topological polar surface area (TPSA) is 22.1 Å². The van der Waals surface area contributed by atoms with Gasteiger partial charge >= 0.3 is 0 Å². The van der Waals surface area contributed by atoms with Crippen LogP contribution < -0.4 is 4.74 Å². The van der Waals surface area contributed by atoms with Crippen LogP contribution in [0.15, 0.2) is 54.6 Å². The van der Waals surface area contributed by atoms with E-state index in [0.29, 0.717) is 11.6 Å². The Bertz CT molecular complexity index is 863. The van der Waals surface area contributed by atoms with Crippen molar-refractivity contribution in [1.29, 1.82) is 0 Å². The Balaban J connectivity index is 1.90. The number of rotatable bonds is 2. The van der Waals surface area contributed by atoms with Crippen molar-refractivity contribution in [2.45, 2.75) is 6.42 Å². The predicted molar refractivity (Wildman–Crippen MR) is 90.3 cm³/mol. The zero-order valence-corrected chi connectivity index (χ0v) is 12.9. The molecule has 3 rings (SSSR count). The van der Waals surface area contributed by atoms with Gasteiger partial charge < -0.3 is 4.74 Å². The molecule has 3 heteroatoms. The highest BCUT2D eigenvalue weighted by Crippen LogP contribution is 2.24. The number of nitrogens with zero attached hydrogens (tertiary/aromatic N) is 1. The molecular formula is C19H14ClNO. The van der Waals surface area contributed by atoms with Gasteiger partial charge in [-0.15, -0.1) is 0 Å². The summed E-state index contributed by atoms with van der Waals surface area (Å²) in [5, 5.41) is 1.50. The standard InChI is InChI=1S/C19H14ClNO/c1-22-17-10-11-18-16(13-17)12-15(19(20)21-18)9-5-8-14-6-3-2-4-7-14/h2-4,6-7,10-13H,9H2,1H3. The second-order valence-corrected chi connectivity index (χ2v) is 5.20. The van der Waals surface area contributed by atoms with E-state index in [1.54, 1.807) is 7.11 Å². The molecule has 22 heavy (non-hydrogen) atoms. The maximum Gasteiger partial charge on any atom is 0.133 e. The van der Waals surface area contributed by atoms with Gasteiger partial charge in [0.15, 0.2) is 0 Å². The molecule has 0 saturated carbocycles. The van der Waals surface area contributed by atoms with Gasteiger partial charge in [0, 0.05) is 22.9 Å². The van der Waals surface area contributed by atoms with Crippen LogP contribution in [-0.2, 0) is 6.42 Å². The molecule has 2 aromatic carbocycles. The van der Waals surface area contributed by atoms with Crippen LogP contribution in [0, 0.1) is 11.8 Å². The fourth-order valence-electron chi connectivity index (χ4n) is 2.19. The second-order valence-electron chi connectivity index (χ2n) is 4.84. The van der Waals surface area contributed by atoms with Crippen molar-refractivity contribution >= 4 is 22.5 Å². The summed E-state index contributed by atoms with van der Waals surface area (Å²) >= 11 is 6.25. The van der Waals surface area contributed by atoms with Crippen LogP contribution in [0.2, 0.25) is 5.15 Å². The third kappa shape index (κ3) is 3.21. The lowest BCUT2D eigenvalue weighted by Gasteiger charge is -2.05. The van der Waals surface area contributed by atoms with Gasteiger partial charge in [-0.2, -0.15) is 0 Å². The molecule has 2 nitrogen and oxygen atoms in total. The number of halogens is 1. The minimum absolute atomic E-state index is 0.500. The van der Waals surface area contributed by atoms with Crippen LogP contribution in [0.4, 0.5) is 0 Å². The molecule has 1 heterocycles. The van der Waals surface area contributed by atoms with Gasteiger partial charge in [0.05, 0.1) is 12.6 Å². The summed E-state index contributed by atoms with van der Waals surface area (Å²) in [4.78, 5) is 4.42. The summed E-state index contributed by atoms with van der Waals surface area (Å²) in [7, 11) is 1.65. The summed E-state index contributed by atoms with van der Waals surface area (Å²) < 4.78 is 5.24. The van der Waals surface area contributed by atoms with E-state index in [4.69, 9.17) is 16.3 Å². The van der Waals surface area contributed by atoms with E-state index in [-0.39, 0.29) is 0 Å². The van der Waals surface area contributed by atoms with Crippen LogP contribution in [-0.4, -0.2) is 12.1 Å². The van der Waals surface area contributed by atoms with Crippen molar-refractivity contribution in [3.63, 3.8) is 0 Å². The summed E-state index contributed by atoms with van der Waals surface area (Å²) in [5.74, 6) is 7.08. The number of fused-ring (bicyclic) bond motifs is 1. The normalized spacial score (nSPS) is 10.1. The first-order valence-corrected chi connectivity index (χ1v) is 7.31. The SMILES string of the molecule is COc1ccc2nc(Cl)c(CC#Cc3ccccc3)cc2c1. The zero-order chi connectivity index (χ0) is 15.4. The molecule has 0 aliphatic rings. The van der Waals surface area contributed by atoms with E-state index in [1.807, 2.05) is 54.6 Å². The molecule has 108 valence electrons. The Labute approximate surface area is 134 Å². The molecule has 3 aromatic rings. The predicted octanol–water partition coefficient (Wildman–Crippen LogP) is 4.49. The van der Waals surface area contributed by atoms with Crippen molar-refractivity contribution in [3.05, 3.63) is 70.9 Å². The fraction of sp³-hybridized carbons (Fsp3) is 0.105. The molecule has 0 radical (unpaired) electrons. The van der Waals surface area contributed by atoms with Crippen molar-refractivity contribution in [3.8, 4) is 17.6 Å². The first kappa shape index (κ1) is 14.4. The third-order valence-electron chi connectivity index (χ3n) is 3.33. The average Bonchev–Trinajstić information content (AvgIpc) is 2.56. The van der Waals surface area contributed by atoms with Gasteiger partial charge in [-0.1, -0.05) is 41.6 Å². The molecule has 0 fully saturated rings. The summed E-state index contributed by atoms with van der Waals surface area (Å²) in [5.41, 5.74) is 2.77. The Morgan fingerprint density at radius 2 is 1.91 bits per heavy atom. The molecule has 0 N–H and O–H groups in total. The summed E-state index contributed by atoms with van der Waals surface area (Å²) in [6.45, 7) is 0. The largest absolute Gasteiger partial charge is 0.497 e. The molecule has 1 aromatic heterocycles. The first-order chi connectivity index (χ1) is 10.8. The summed E-state index contributed by atoms with van der Waals surface area (Å²) in [6.07, 6.45) is 0.563. The lowest BCUT2D eigenvalue weighted by Crippen LogP contribution is -1.90. The highest BCUT2D eigenvalue weighted by atomic mass is 35.5. The number of hydrogen-bond acceptors (Lipinski definition) is 2. The maximum atomic E-state index is 6.25. The molecule has 0 aliphatic heterocycles. The minimum Gasteiger partial charge on any atom is -0.497 e. The van der Waals surface area contributed by atoms with Gasteiger partial charge in [0.25, 0.3) is 0 Å². The molecule has 0 saturated heterocycles. The molecular weight excluding hydrogens is 294 g/mol. The number of ether oxygens (including phenoxy) is 1. The number of hydrogen-bond donors (Lipinski definition) is 0. The van der Waals surface area contributed by atoms with Crippen LogP contribution in [0.3, 0.4) is 0 Å². The highest BCUT2D eigenvalue weighted by molar-refractivity contribution is 6.30. The molecule has 0 unspecified atom stereocenters. The van der Waals surface area contributed by atoms with Gasteiger partial charge in [0.2, 0.25) is 0 Å². The monoisotopic (exact) mass is 307 g/mol. The maximum absolute atomic E-state index is 6.25. The molecule has 0 spiro atoms. The molecule has 0 bridgehead atoms. The Morgan fingerprint density at radius 3 is 2.68 bits per heavy atom. The number of pyridine rings is 1. The van der Waals surface area contributed by atoms with Crippen molar-refractivity contribution < 1.29 is 4.74 Å². The van der Waals surface area contributed by atoms with Gasteiger partial charge in [0.1, 0.15) is 10.9 Å². The quantitative estimate of drug-likeness (QED) is 0.514. The van der Waals surface area contributed by atoms with E-state index in [2.05, 4.69) is 16.8 Å². The lowest BCUT2D eigenvalue weighted by molar-refractivity contribution is 0.415. The third-order valence-corrected chi connectivity index (χ3v) is 3.66. The van der Waals surface area contributed by atoms with E-state index >= 15 is 0 Å². The van der Waals surface area contributed by atoms with Crippen molar-refractivity contribution in [2.75, 3.05) is 7.11 Å². The Kier molecular flexibility index (Phi) is 4.27. The highest BCUT2D eigenvalue weighted by Gasteiger charge is 2.05. The van der Waals surface area contributed by atoms with Crippen molar-refractivity contribution in [1.82, 2.24) is 4.98 Å². The van der Waals surface area contributed by atoms with Gasteiger partial charge in [-0.05, 0) is 36.4 Å². The van der Waals surface area contributed by atoms with E-state index in [0.717, 1.165) is 27.8 Å². The fourth-order valence-corrected chi connectivity index (χ4v) is 2.40. The van der Waals surface area contributed by atoms with Crippen molar-refractivity contribution in [2.24, 2.45) is 0 Å². The average molecular weight is 308 g/mol. The van der Waals surface area contributed by atoms with Crippen LogP contribution in [0.5, 0.6) is 5.75 Å². The second kappa shape index (κ2) is 6.51. The minimum atomic E-state index is 0.500. The van der Waals surface area contributed by atoms with Gasteiger partial charge in [-0.25, -0.2) is 4.98 Å². The van der Waals surface area contributed by atoms with Crippen LogP contribution >= 0.6 is 11.6 Å². The smallest absolute Gasteiger partial charge is 0.133 e. The lowest BCUT2D eigenvalue weighted by atomic mass is 10.1. The van der Waals surface area contributed by atoms with E-state index < -0.39 is 0 Å². The Morgan fingerprint density at radius 1 is 1.09 bits per heavy atom. The summed E-state index contributed by atoms with van der Waals surface area (Å²) in [6, 6.07) is 17.6. The van der Waals surface area contributed by atoms with Crippen LogP contribution in [0.25, 0.3) is 10.9 Å². The number of benzene rings is 2. The van der Waals surface area contributed by atoms with E-state index in [1.165, 1.54) is 0 Å².